The van der Waals surface area contributed by atoms with E-state index in [-0.39, 0.29) is 18.1 Å². The summed E-state index contributed by atoms with van der Waals surface area (Å²) in [6.07, 6.45) is 0.621. The van der Waals surface area contributed by atoms with Gasteiger partial charge >= 0.3 is 5.97 Å². The lowest BCUT2D eigenvalue weighted by atomic mass is 9.89. The molecule has 0 fully saturated rings. The van der Waals surface area contributed by atoms with Crippen LogP contribution in [0.3, 0.4) is 0 Å². The van der Waals surface area contributed by atoms with Crippen LogP contribution in [0.2, 0.25) is 0 Å². The summed E-state index contributed by atoms with van der Waals surface area (Å²) >= 11 is 0. The van der Waals surface area contributed by atoms with Crippen molar-refractivity contribution in [2.24, 2.45) is 0 Å². The van der Waals surface area contributed by atoms with Crippen LogP contribution >= 0.6 is 0 Å². The summed E-state index contributed by atoms with van der Waals surface area (Å²) in [5, 5.41) is 7.07. The normalized spacial score (nSPS) is 19.1. The van der Waals surface area contributed by atoms with Gasteiger partial charge in [0.1, 0.15) is 6.04 Å². The Hall–Kier alpha value is -3.11. The molecule has 0 amide bonds. The van der Waals surface area contributed by atoms with Crippen LogP contribution in [-0.4, -0.2) is 24.1 Å². The highest BCUT2D eigenvalue weighted by Gasteiger charge is 2.34. The number of ether oxygens (including phenoxy) is 1. The van der Waals surface area contributed by atoms with Crippen molar-refractivity contribution in [2.75, 3.05) is 7.11 Å². The average Bonchev–Trinajstić information content (AvgIpc) is 3.11. The lowest BCUT2D eigenvalue weighted by molar-refractivity contribution is -0.143. The van der Waals surface area contributed by atoms with Crippen LogP contribution in [0.5, 0.6) is 0 Å². The van der Waals surface area contributed by atoms with E-state index in [1.807, 2.05) is 24.3 Å². The molecule has 0 aliphatic carbocycles. The van der Waals surface area contributed by atoms with Crippen molar-refractivity contribution in [3.05, 3.63) is 83.6 Å². The maximum Gasteiger partial charge on any atom is 0.323 e. The Labute approximate surface area is 157 Å². The van der Waals surface area contributed by atoms with Gasteiger partial charge in [-0.15, -0.1) is 0 Å². The molecule has 4 heteroatoms. The second-order valence-electron chi connectivity index (χ2n) is 7.05. The zero-order valence-electron chi connectivity index (χ0n) is 15.0. The number of esters is 1. The van der Waals surface area contributed by atoms with Crippen molar-refractivity contribution in [3.63, 3.8) is 0 Å². The lowest BCUT2D eigenvalue weighted by Crippen LogP contribution is -2.45. The zero-order chi connectivity index (χ0) is 18.4. The molecule has 2 unspecified atom stereocenters. The number of nitrogens with one attached hydrogen (secondary N) is 2. The largest absolute Gasteiger partial charge is 0.468 e. The molecule has 5 rings (SSSR count). The van der Waals surface area contributed by atoms with Gasteiger partial charge in [0, 0.05) is 23.0 Å². The minimum atomic E-state index is -0.363. The third-order valence-corrected chi connectivity index (χ3v) is 5.50. The Morgan fingerprint density at radius 2 is 1.78 bits per heavy atom. The van der Waals surface area contributed by atoms with E-state index < -0.39 is 0 Å². The van der Waals surface area contributed by atoms with Gasteiger partial charge in [-0.05, 0) is 34.0 Å². The lowest BCUT2D eigenvalue weighted by Gasteiger charge is -2.30. The highest BCUT2D eigenvalue weighted by Crippen LogP contribution is 2.36. The first-order valence-corrected chi connectivity index (χ1v) is 9.16. The minimum Gasteiger partial charge on any atom is -0.468 e. The number of fused-ring (bicyclic) bond motifs is 4. The van der Waals surface area contributed by atoms with E-state index in [1.54, 1.807) is 0 Å². The summed E-state index contributed by atoms with van der Waals surface area (Å²) in [4.78, 5) is 15.9. The van der Waals surface area contributed by atoms with Gasteiger partial charge in [0.05, 0.1) is 13.2 Å². The van der Waals surface area contributed by atoms with Crippen LogP contribution in [0, 0.1) is 0 Å². The SMILES string of the molecule is COC(=O)C1Cc2c([nH]c3ccccc23)C(c2ccc3ccccc3c2)N1. The van der Waals surface area contributed by atoms with E-state index in [1.165, 1.54) is 28.8 Å². The van der Waals surface area contributed by atoms with Gasteiger partial charge in [-0.3, -0.25) is 10.1 Å². The Morgan fingerprint density at radius 1 is 1.00 bits per heavy atom. The average molecular weight is 356 g/mol. The van der Waals surface area contributed by atoms with Gasteiger partial charge in [-0.1, -0.05) is 54.6 Å². The number of carbonyl (C=O) groups is 1. The van der Waals surface area contributed by atoms with Crippen molar-refractivity contribution >= 4 is 27.6 Å². The quantitative estimate of drug-likeness (QED) is 0.532. The number of aromatic amines is 1. The zero-order valence-corrected chi connectivity index (χ0v) is 15.0. The first kappa shape index (κ1) is 16.1. The number of para-hydroxylation sites is 1. The van der Waals surface area contributed by atoms with Crippen LogP contribution in [0.25, 0.3) is 21.7 Å². The van der Waals surface area contributed by atoms with E-state index in [4.69, 9.17) is 4.74 Å². The molecule has 27 heavy (non-hydrogen) atoms. The van der Waals surface area contributed by atoms with Gasteiger partial charge < -0.3 is 9.72 Å². The van der Waals surface area contributed by atoms with Crippen LogP contribution in [0.1, 0.15) is 22.9 Å². The number of carbonyl (C=O) groups excluding carboxylic acids is 1. The molecule has 2 atom stereocenters. The van der Waals surface area contributed by atoms with Crippen LogP contribution in [-0.2, 0) is 16.0 Å². The summed E-state index contributed by atoms with van der Waals surface area (Å²) < 4.78 is 5.04. The van der Waals surface area contributed by atoms with Crippen molar-refractivity contribution < 1.29 is 9.53 Å². The fourth-order valence-corrected chi connectivity index (χ4v) is 4.18. The van der Waals surface area contributed by atoms with E-state index in [0.29, 0.717) is 6.42 Å². The first-order valence-electron chi connectivity index (χ1n) is 9.16. The number of rotatable bonds is 2. The second kappa shape index (κ2) is 6.25. The number of hydrogen-bond donors (Lipinski definition) is 2. The molecule has 3 aromatic carbocycles. The van der Waals surface area contributed by atoms with Crippen LogP contribution in [0.4, 0.5) is 0 Å². The molecule has 2 N–H and O–H groups in total. The summed E-state index contributed by atoms with van der Waals surface area (Å²) in [5.41, 5.74) is 4.56. The summed E-state index contributed by atoms with van der Waals surface area (Å²) in [7, 11) is 1.44. The van der Waals surface area contributed by atoms with Crippen molar-refractivity contribution in [3.8, 4) is 0 Å². The Bertz CT molecular complexity index is 1160. The molecule has 0 spiro atoms. The van der Waals surface area contributed by atoms with Crippen LogP contribution in [0.15, 0.2) is 66.7 Å². The van der Waals surface area contributed by atoms with Crippen molar-refractivity contribution in [2.45, 2.75) is 18.5 Å². The summed E-state index contributed by atoms with van der Waals surface area (Å²) in [6, 6.07) is 22.6. The monoisotopic (exact) mass is 356 g/mol. The molecule has 1 aliphatic rings. The molecule has 1 aromatic heterocycles. The highest BCUT2D eigenvalue weighted by molar-refractivity contribution is 5.88. The van der Waals surface area contributed by atoms with E-state index in [2.05, 4.69) is 52.8 Å². The fraction of sp³-hybridized carbons (Fsp3) is 0.174. The molecule has 0 saturated carbocycles. The first-order chi connectivity index (χ1) is 13.2. The number of methoxy groups -OCH3 is 1. The molecule has 134 valence electrons. The van der Waals surface area contributed by atoms with Gasteiger partial charge in [0.25, 0.3) is 0 Å². The number of benzene rings is 3. The van der Waals surface area contributed by atoms with E-state index in [9.17, 15) is 4.79 Å². The van der Waals surface area contributed by atoms with Gasteiger partial charge in [0.2, 0.25) is 0 Å². The third kappa shape index (κ3) is 2.61. The molecule has 4 aromatic rings. The third-order valence-electron chi connectivity index (χ3n) is 5.50. The molecular weight excluding hydrogens is 336 g/mol. The van der Waals surface area contributed by atoms with Crippen molar-refractivity contribution in [1.82, 2.24) is 10.3 Å². The molecule has 0 radical (unpaired) electrons. The van der Waals surface area contributed by atoms with Crippen LogP contribution < -0.4 is 5.32 Å². The predicted molar refractivity (Wildman–Crippen MR) is 107 cm³/mol. The molecule has 4 nitrogen and oxygen atoms in total. The maximum absolute atomic E-state index is 12.3. The van der Waals surface area contributed by atoms with E-state index in [0.717, 1.165) is 16.8 Å². The Morgan fingerprint density at radius 3 is 2.63 bits per heavy atom. The van der Waals surface area contributed by atoms with Gasteiger partial charge in [0.15, 0.2) is 0 Å². The molecule has 1 aliphatic heterocycles. The minimum absolute atomic E-state index is 0.0881. The second-order valence-corrected chi connectivity index (χ2v) is 7.05. The number of hydrogen-bond acceptors (Lipinski definition) is 3. The molecule has 0 saturated heterocycles. The fourth-order valence-electron chi connectivity index (χ4n) is 4.18. The molecule has 0 bridgehead atoms. The maximum atomic E-state index is 12.3. The standard InChI is InChI=1S/C23H20N2O2/c1-27-23(26)20-13-18-17-8-4-5-9-19(17)24-22(18)21(25-20)16-11-10-14-6-2-3-7-15(14)12-16/h2-12,20-21,24-25H,13H2,1H3. The van der Waals surface area contributed by atoms with Gasteiger partial charge in [-0.2, -0.15) is 0 Å². The Balaban J connectivity index is 1.69. The van der Waals surface area contributed by atoms with Gasteiger partial charge in [-0.25, -0.2) is 0 Å². The number of aromatic nitrogens is 1. The predicted octanol–water partition coefficient (Wildman–Crippen LogP) is 4.10. The number of H-pyrrole nitrogens is 1. The molecule has 2 heterocycles. The summed E-state index contributed by atoms with van der Waals surface area (Å²) in [6.45, 7) is 0. The van der Waals surface area contributed by atoms with Crippen molar-refractivity contribution in [1.29, 1.82) is 0 Å². The highest BCUT2D eigenvalue weighted by atomic mass is 16.5. The Kier molecular flexibility index (Phi) is 3.73. The summed E-state index contributed by atoms with van der Waals surface area (Å²) in [5.74, 6) is -0.225. The molecular formula is C23H20N2O2. The van der Waals surface area contributed by atoms with E-state index >= 15 is 0 Å². The topological polar surface area (TPSA) is 54.1 Å². The smallest absolute Gasteiger partial charge is 0.323 e.